The highest BCUT2D eigenvalue weighted by Gasteiger charge is 2.43. The van der Waals surface area contributed by atoms with Crippen LogP contribution in [0.3, 0.4) is 0 Å². The Morgan fingerprint density at radius 2 is 2.06 bits per heavy atom. The number of likely N-dealkylation sites (tertiary alicyclic amines) is 1. The van der Waals surface area contributed by atoms with Crippen molar-refractivity contribution in [2.75, 3.05) is 26.7 Å². The SMILES string of the molecule is CCC1(C(=O)N2CCC(CNC)C2)CCCC1.Cl. The molecule has 2 aliphatic rings. The van der Waals surface area contributed by atoms with Gasteiger partial charge in [-0.15, -0.1) is 12.4 Å². The van der Waals surface area contributed by atoms with Gasteiger partial charge in [0.25, 0.3) is 0 Å². The lowest BCUT2D eigenvalue weighted by Gasteiger charge is -2.31. The average molecular weight is 275 g/mol. The maximum absolute atomic E-state index is 12.7. The van der Waals surface area contributed by atoms with Crippen molar-refractivity contribution >= 4 is 18.3 Å². The van der Waals surface area contributed by atoms with Crippen LogP contribution in [0.25, 0.3) is 0 Å². The van der Waals surface area contributed by atoms with E-state index in [9.17, 15) is 4.79 Å². The Balaban J connectivity index is 0.00000162. The molecule has 3 nitrogen and oxygen atoms in total. The zero-order valence-electron chi connectivity index (χ0n) is 11.7. The van der Waals surface area contributed by atoms with Crippen molar-refractivity contribution in [2.45, 2.75) is 45.4 Å². The Hall–Kier alpha value is -0.280. The zero-order chi connectivity index (χ0) is 12.3. The fourth-order valence-corrected chi connectivity index (χ4v) is 3.58. The van der Waals surface area contributed by atoms with E-state index in [0.717, 1.165) is 38.9 Å². The lowest BCUT2D eigenvalue weighted by atomic mass is 9.82. The first-order chi connectivity index (χ1) is 8.22. The monoisotopic (exact) mass is 274 g/mol. The molecule has 1 amide bonds. The standard InChI is InChI=1S/C14H26N2O.ClH/c1-3-14(7-4-5-8-14)13(17)16-9-6-12(11-16)10-15-2;/h12,15H,3-11H2,1-2H3;1H. The van der Waals surface area contributed by atoms with Gasteiger partial charge in [-0.25, -0.2) is 0 Å². The van der Waals surface area contributed by atoms with Gasteiger partial charge in [0.2, 0.25) is 5.91 Å². The van der Waals surface area contributed by atoms with Crippen LogP contribution >= 0.6 is 12.4 Å². The number of halogens is 1. The lowest BCUT2D eigenvalue weighted by Crippen LogP contribution is -2.41. The summed E-state index contributed by atoms with van der Waals surface area (Å²) in [4.78, 5) is 14.8. The molecule has 0 spiro atoms. The smallest absolute Gasteiger partial charge is 0.228 e. The molecule has 1 heterocycles. The van der Waals surface area contributed by atoms with Crippen molar-refractivity contribution < 1.29 is 4.79 Å². The van der Waals surface area contributed by atoms with E-state index in [-0.39, 0.29) is 17.8 Å². The van der Waals surface area contributed by atoms with Crippen molar-refractivity contribution in [2.24, 2.45) is 11.3 Å². The van der Waals surface area contributed by atoms with Gasteiger partial charge in [0.05, 0.1) is 0 Å². The van der Waals surface area contributed by atoms with Crippen LogP contribution in [0.4, 0.5) is 0 Å². The first-order valence-electron chi connectivity index (χ1n) is 7.16. The highest BCUT2D eigenvalue weighted by molar-refractivity contribution is 5.85. The third kappa shape index (κ3) is 3.00. The molecule has 1 N–H and O–H groups in total. The molecular formula is C14H27ClN2O. The maximum atomic E-state index is 12.7. The van der Waals surface area contributed by atoms with Crippen molar-refractivity contribution in [3.63, 3.8) is 0 Å². The number of carbonyl (C=O) groups is 1. The fraction of sp³-hybridized carbons (Fsp3) is 0.929. The van der Waals surface area contributed by atoms with Crippen LogP contribution in [0.15, 0.2) is 0 Å². The predicted octanol–water partition coefficient (Wildman–Crippen LogP) is 2.45. The third-order valence-electron chi connectivity index (χ3n) is 4.76. The normalized spacial score (nSPS) is 26.1. The molecular weight excluding hydrogens is 248 g/mol. The van der Waals surface area contributed by atoms with Crippen molar-refractivity contribution in [3.8, 4) is 0 Å². The molecule has 1 atom stereocenters. The van der Waals surface area contributed by atoms with Gasteiger partial charge in [0, 0.05) is 18.5 Å². The average Bonchev–Trinajstić information content (AvgIpc) is 2.98. The molecule has 1 saturated heterocycles. The van der Waals surface area contributed by atoms with Gasteiger partial charge in [-0.3, -0.25) is 4.79 Å². The predicted molar refractivity (Wildman–Crippen MR) is 77.1 cm³/mol. The largest absolute Gasteiger partial charge is 0.342 e. The topological polar surface area (TPSA) is 32.3 Å². The minimum Gasteiger partial charge on any atom is -0.342 e. The molecule has 106 valence electrons. The van der Waals surface area contributed by atoms with Gasteiger partial charge in [-0.2, -0.15) is 0 Å². The van der Waals surface area contributed by atoms with Crippen LogP contribution in [0, 0.1) is 11.3 Å². The first-order valence-corrected chi connectivity index (χ1v) is 7.16. The van der Waals surface area contributed by atoms with E-state index < -0.39 is 0 Å². The van der Waals surface area contributed by atoms with Gasteiger partial charge in [-0.1, -0.05) is 19.8 Å². The third-order valence-corrected chi connectivity index (χ3v) is 4.76. The van der Waals surface area contributed by atoms with Crippen molar-refractivity contribution in [1.29, 1.82) is 0 Å². The number of amides is 1. The summed E-state index contributed by atoms with van der Waals surface area (Å²) < 4.78 is 0. The summed E-state index contributed by atoms with van der Waals surface area (Å²) in [5.74, 6) is 1.12. The Morgan fingerprint density at radius 1 is 1.39 bits per heavy atom. The lowest BCUT2D eigenvalue weighted by molar-refractivity contribution is -0.141. The molecule has 0 aromatic rings. The van der Waals surface area contributed by atoms with Crippen molar-refractivity contribution in [1.82, 2.24) is 10.2 Å². The Bertz CT molecular complexity index is 277. The van der Waals surface area contributed by atoms with Crippen LogP contribution in [-0.4, -0.2) is 37.5 Å². The zero-order valence-corrected chi connectivity index (χ0v) is 12.5. The van der Waals surface area contributed by atoms with E-state index in [1.54, 1.807) is 0 Å². The summed E-state index contributed by atoms with van der Waals surface area (Å²) in [7, 11) is 2.00. The molecule has 1 aliphatic heterocycles. The minimum atomic E-state index is 0. The van der Waals surface area contributed by atoms with Gasteiger partial charge >= 0.3 is 0 Å². The van der Waals surface area contributed by atoms with E-state index in [4.69, 9.17) is 0 Å². The van der Waals surface area contributed by atoms with E-state index >= 15 is 0 Å². The molecule has 18 heavy (non-hydrogen) atoms. The van der Waals surface area contributed by atoms with Gasteiger partial charge in [0.1, 0.15) is 0 Å². The first kappa shape index (κ1) is 15.8. The van der Waals surface area contributed by atoms with Gasteiger partial charge in [-0.05, 0) is 45.2 Å². The molecule has 0 aromatic carbocycles. The van der Waals surface area contributed by atoms with Crippen LogP contribution < -0.4 is 5.32 Å². The minimum absolute atomic E-state index is 0. The molecule has 0 bridgehead atoms. The number of rotatable bonds is 4. The number of carbonyl (C=O) groups excluding carboxylic acids is 1. The second-order valence-corrected chi connectivity index (χ2v) is 5.80. The highest BCUT2D eigenvalue weighted by atomic mass is 35.5. The van der Waals surface area contributed by atoms with Gasteiger partial charge in [0.15, 0.2) is 0 Å². The van der Waals surface area contributed by atoms with Crippen LogP contribution in [0.5, 0.6) is 0 Å². The highest BCUT2D eigenvalue weighted by Crippen LogP contribution is 2.43. The maximum Gasteiger partial charge on any atom is 0.228 e. The Labute approximate surface area is 117 Å². The van der Waals surface area contributed by atoms with Crippen LogP contribution in [0.1, 0.15) is 45.4 Å². The molecule has 1 unspecified atom stereocenters. The summed E-state index contributed by atoms with van der Waals surface area (Å²) in [6, 6.07) is 0. The van der Waals surface area contributed by atoms with Crippen LogP contribution in [0.2, 0.25) is 0 Å². The molecule has 1 saturated carbocycles. The fourth-order valence-electron chi connectivity index (χ4n) is 3.58. The molecule has 0 radical (unpaired) electrons. The van der Waals surface area contributed by atoms with E-state index in [1.165, 1.54) is 19.3 Å². The van der Waals surface area contributed by atoms with Crippen LogP contribution in [-0.2, 0) is 4.79 Å². The Morgan fingerprint density at radius 3 is 2.61 bits per heavy atom. The van der Waals surface area contributed by atoms with Gasteiger partial charge < -0.3 is 10.2 Å². The summed E-state index contributed by atoms with van der Waals surface area (Å²) in [5, 5.41) is 3.22. The second kappa shape index (κ2) is 6.76. The molecule has 0 aromatic heterocycles. The summed E-state index contributed by atoms with van der Waals surface area (Å²) >= 11 is 0. The molecule has 4 heteroatoms. The summed E-state index contributed by atoms with van der Waals surface area (Å²) in [5.41, 5.74) is 0.00847. The quantitative estimate of drug-likeness (QED) is 0.854. The number of hydrogen-bond acceptors (Lipinski definition) is 2. The van der Waals surface area contributed by atoms with E-state index in [0.29, 0.717) is 11.8 Å². The van der Waals surface area contributed by atoms with Crippen molar-refractivity contribution in [3.05, 3.63) is 0 Å². The second-order valence-electron chi connectivity index (χ2n) is 5.80. The number of nitrogens with zero attached hydrogens (tertiary/aromatic N) is 1. The molecule has 1 aliphatic carbocycles. The summed E-state index contributed by atoms with van der Waals surface area (Å²) in [6.45, 7) is 5.18. The Kier molecular flexibility index (Phi) is 5.93. The molecule has 2 rings (SSSR count). The van der Waals surface area contributed by atoms with E-state index in [2.05, 4.69) is 17.1 Å². The summed E-state index contributed by atoms with van der Waals surface area (Å²) in [6.07, 6.45) is 6.93. The number of hydrogen-bond donors (Lipinski definition) is 1. The van der Waals surface area contributed by atoms with E-state index in [1.807, 2.05) is 7.05 Å². The number of nitrogens with one attached hydrogen (secondary N) is 1. The molecule has 2 fully saturated rings.